The molecule has 0 unspecified atom stereocenters. The number of hydrogen-bond acceptors (Lipinski definition) is 10. The highest BCUT2D eigenvalue weighted by Crippen LogP contribution is 2.37. The molecule has 0 bridgehead atoms. The number of nitrogens with two attached hydrogens (primary N) is 1. The largest absolute Gasteiger partial charge is 0.481 e. The summed E-state index contributed by atoms with van der Waals surface area (Å²) in [5.41, 5.74) is 10.5. The van der Waals surface area contributed by atoms with Crippen molar-refractivity contribution in [3.05, 3.63) is 64.8 Å². The van der Waals surface area contributed by atoms with E-state index in [4.69, 9.17) is 30.6 Å². The maximum atomic E-state index is 11.9. The second-order valence-corrected chi connectivity index (χ2v) is 11.5. The summed E-state index contributed by atoms with van der Waals surface area (Å²) in [6, 6.07) is 12.7. The summed E-state index contributed by atoms with van der Waals surface area (Å²) in [5, 5.41) is 24.0. The van der Waals surface area contributed by atoms with Gasteiger partial charge in [0, 0.05) is 75.6 Å². The van der Waals surface area contributed by atoms with Crippen molar-refractivity contribution in [1.82, 2.24) is 34.5 Å². The highest BCUT2D eigenvalue weighted by molar-refractivity contribution is 5.98. The quantitative estimate of drug-likeness (QED) is 0.208. The molecule has 14 heteroatoms. The van der Waals surface area contributed by atoms with Crippen LogP contribution in [0.2, 0.25) is 0 Å². The Labute approximate surface area is 267 Å². The lowest BCUT2D eigenvalue weighted by Gasteiger charge is -2.41. The third-order valence-corrected chi connectivity index (χ3v) is 8.13. The highest BCUT2D eigenvalue weighted by Gasteiger charge is 2.30. The van der Waals surface area contributed by atoms with Gasteiger partial charge in [0.25, 0.3) is 17.5 Å². The van der Waals surface area contributed by atoms with E-state index in [1.54, 1.807) is 6.20 Å². The van der Waals surface area contributed by atoms with Gasteiger partial charge < -0.3 is 31.1 Å². The molecule has 3 aromatic heterocycles. The van der Waals surface area contributed by atoms with Gasteiger partial charge in [0.2, 0.25) is 0 Å². The number of rotatable bonds is 6. The lowest BCUT2D eigenvalue weighted by Crippen LogP contribution is -2.49. The van der Waals surface area contributed by atoms with Crippen molar-refractivity contribution in [3.8, 4) is 11.3 Å². The number of anilines is 2. The maximum Gasteiger partial charge on any atom is 0.300 e. The van der Waals surface area contributed by atoms with Crippen LogP contribution in [0.15, 0.2) is 53.7 Å². The summed E-state index contributed by atoms with van der Waals surface area (Å²) < 4.78 is 2.09. The molecule has 246 valence electrons. The first-order valence-electron chi connectivity index (χ1n) is 15.3. The summed E-state index contributed by atoms with van der Waals surface area (Å²) in [5.74, 6) is -1.21. The predicted molar refractivity (Wildman–Crippen MR) is 177 cm³/mol. The van der Waals surface area contributed by atoms with Crippen LogP contribution in [0, 0.1) is 0 Å². The number of aromatic nitrogens is 5. The second-order valence-electron chi connectivity index (χ2n) is 11.5. The molecule has 0 spiro atoms. The molecule has 4 heterocycles. The summed E-state index contributed by atoms with van der Waals surface area (Å²) in [6.45, 7) is 7.25. The smallest absolute Gasteiger partial charge is 0.300 e. The molecule has 1 aliphatic heterocycles. The first-order chi connectivity index (χ1) is 22.0. The average molecular weight is 634 g/mol. The summed E-state index contributed by atoms with van der Waals surface area (Å²) in [6.07, 6.45) is 7.69. The molecule has 1 aliphatic carbocycles. The van der Waals surface area contributed by atoms with Gasteiger partial charge in [-0.05, 0) is 50.9 Å². The Hall–Kier alpha value is -4.82. The number of nitrogens with zero attached hydrogens (tertiary/aromatic N) is 6. The van der Waals surface area contributed by atoms with Gasteiger partial charge in [0.1, 0.15) is 17.8 Å². The lowest BCUT2D eigenvalue weighted by atomic mass is 9.90. The molecule has 2 fully saturated rings. The van der Waals surface area contributed by atoms with E-state index in [9.17, 15) is 4.79 Å². The van der Waals surface area contributed by atoms with Crippen LogP contribution in [0.3, 0.4) is 0 Å². The number of carboxylic acid groups (broad SMARTS) is 2. The predicted octanol–water partition coefficient (Wildman–Crippen LogP) is 3.29. The van der Waals surface area contributed by atoms with Gasteiger partial charge >= 0.3 is 0 Å². The van der Waals surface area contributed by atoms with Crippen LogP contribution in [0.5, 0.6) is 0 Å². The zero-order valence-corrected chi connectivity index (χ0v) is 26.5. The topological polar surface area (TPSA) is 196 Å². The number of nitrogens with one attached hydrogen (secondary N) is 2. The van der Waals surface area contributed by atoms with Crippen LogP contribution in [-0.2, 0) is 16.1 Å². The number of carboxylic acids is 2. The lowest BCUT2D eigenvalue weighted by molar-refractivity contribution is -0.135. The molecular formula is C32H43N9O5. The molecule has 0 radical (unpaired) electrons. The Morgan fingerprint density at radius 3 is 2.17 bits per heavy atom. The Balaban J connectivity index is 0.000000541. The molecule has 0 amide bonds. The van der Waals surface area contributed by atoms with Gasteiger partial charge in [-0.1, -0.05) is 18.2 Å². The van der Waals surface area contributed by atoms with Crippen LogP contribution in [0.4, 0.5) is 11.5 Å². The zero-order valence-electron chi connectivity index (χ0n) is 26.5. The number of aromatic amines is 1. The molecule has 2 aliphatic rings. The van der Waals surface area contributed by atoms with E-state index in [2.05, 4.69) is 41.8 Å². The number of likely N-dealkylation sites (N-methyl/N-ethyl adjacent to an activating group) is 1. The van der Waals surface area contributed by atoms with Gasteiger partial charge in [-0.15, -0.1) is 0 Å². The van der Waals surface area contributed by atoms with Gasteiger partial charge in [0.15, 0.2) is 5.65 Å². The van der Waals surface area contributed by atoms with E-state index >= 15 is 0 Å². The van der Waals surface area contributed by atoms with Gasteiger partial charge in [-0.3, -0.25) is 19.3 Å². The Morgan fingerprint density at radius 1 is 0.957 bits per heavy atom. The number of hydrogen-bond donors (Lipinski definition) is 5. The minimum atomic E-state index is -0.833. The molecule has 6 N–H and O–H groups in total. The molecule has 14 nitrogen and oxygen atoms in total. The van der Waals surface area contributed by atoms with E-state index in [-0.39, 0.29) is 5.56 Å². The van der Waals surface area contributed by atoms with Crippen molar-refractivity contribution >= 4 is 34.5 Å². The van der Waals surface area contributed by atoms with Crippen molar-refractivity contribution < 1.29 is 19.8 Å². The Kier molecular flexibility index (Phi) is 11.8. The van der Waals surface area contributed by atoms with E-state index in [1.807, 2.05) is 36.4 Å². The van der Waals surface area contributed by atoms with Gasteiger partial charge in [0.05, 0.1) is 11.4 Å². The molecule has 1 saturated heterocycles. The zero-order chi connectivity index (χ0) is 33.2. The maximum absolute atomic E-state index is 11.9. The summed E-state index contributed by atoms with van der Waals surface area (Å²) >= 11 is 0. The standard InChI is InChI=1S/C28H35N9O.2C2H4O2/c1-35-13-15-36(16-14-35)22-8-10-23(11-9-22)37-27-24(26(29)32-18-33-27)25(34-37)19-4-6-21(7-5-19)31-17-20-3-2-12-30-28(20)38;2*1-2(3)4/h2-7,12,18,22-23,31H,8-11,13-17H2,1H3,(H,30,38)(H2,29,32,33);2*1H3,(H,3,4). The third-order valence-electron chi connectivity index (χ3n) is 8.13. The SMILES string of the molecule is CC(=O)O.CC(=O)O.CN1CCN(C2CCC(n3nc(-c4ccc(NCc5ccc[nH]c5=O)cc4)c4c(N)ncnc43)CC2)CC1. The molecule has 46 heavy (non-hydrogen) atoms. The van der Waals surface area contributed by atoms with E-state index in [0.717, 1.165) is 80.8 Å². The Morgan fingerprint density at radius 2 is 1.57 bits per heavy atom. The molecule has 1 saturated carbocycles. The van der Waals surface area contributed by atoms with Crippen LogP contribution in [-0.4, -0.2) is 96.0 Å². The van der Waals surface area contributed by atoms with E-state index in [0.29, 0.717) is 30.0 Å². The minimum Gasteiger partial charge on any atom is -0.481 e. The second kappa shape index (κ2) is 16.0. The fourth-order valence-electron chi connectivity index (χ4n) is 5.85. The van der Waals surface area contributed by atoms with Crippen molar-refractivity contribution in [3.63, 3.8) is 0 Å². The van der Waals surface area contributed by atoms with Crippen LogP contribution >= 0.6 is 0 Å². The number of fused-ring (bicyclic) bond motifs is 1. The first kappa shape index (κ1) is 34.1. The number of H-pyrrole nitrogens is 1. The minimum absolute atomic E-state index is 0.0818. The number of aliphatic carboxylic acids is 2. The number of benzene rings is 1. The van der Waals surface area contributed by atoms with Gasteiger partial charge in [-0.25, -0.2) is 14.6 Å². The number of nitrogen functional groups attached to an aromatic ring is 1. The summed E-state index contributed by atoms with van der Waals surface area (Å²) in [7, 11) is 2.21. The Bertz CT molecular complexity index is 1630. The van der Waals surface area contributed by atoms with Crippen molar-refractivity contribution in [1.29, 1.82) is 0 Å². The first-order valence-corrected chi connectivity index (χ1v) is 15.3. The molecule has 0 atom stereocenters. The molecule has 6 rings (SSSR count). The molecule has 4 aromatic rings. The molecule has 1 aromatic carbocycles. The van der Waals surface area contributed by atoms with Crippen LogP contribution < -0.4 is 16.6 Å². The fourth-order valence-corrected chi connectivity index (χ4v) is 5.85. The van der Waals surface area contributed by atoms with Crippen LogP contribution in [0.25, 0.3) is 22.3 Å². The third kappa shape index (κ3) is 9.11. The summed E-state index contributed by atoms with van der Waals surface area (Å²) in [4.78, 5) is 46.6. The van der Waals surface area contributed by atoms with E-state index in [1.165, 1.54) is 19.2 Å². The average Bonchev–Trinajstić information content (AvgIpc) is 3.42. The highest BCUT2D eigenvalue weighted by atomic mass is 16.4. The number of piperazine rings is 1. The van der Waals surface area contributed by atoms with Crippen molar-refractivity contribution in [2.45, 2.75) is 58.2 Å². The van der Waals surface area contributed by atoms with Gasteiger partial charge in [-0.2, -0.15) is 5.10 Å². The normalized spacial score (nSPS) is 18.5. The number of pyridine rings is 1. The van der Waals surface area contributed by atoms with E-state index < -0.39 is 11.9 Å². The monoisotopic (exact) mass is 633 g/mol. The fraction of sp³-hybridized carbons (Fsp3) is 0.438. The number of carbonyl (C=O) groups is 2. The molecular weight excluding hydrogens is 590 g/mol. The van der Waals surface area contributed by atoms with Crippen LogP contribution in [0.1, 0.15) is 51.1 Å². The van der Waals surface area contributed by atoms with Crippen molar-refractivity contribution in [2.24, 2.45) is 0 Å². The van der Waals surface area contributed by atoms with Crippen molar-refractivity contribution in [2.75, 3.05) is 44.3 Å².